The van der Waals surface area contributed by atoms with Crippen LogP contribution in [0.4, 0.5) is 11.4 Å². The molecule has 1 N–H and O–H groups in total. The van der Waals surface area contributed by atoms with E-state index in [1.165, 1.54) is 6.08 Å². The van der Waals surface area contributed by atoms with Crippen LogP contribution in [0.15, 0.2) is 30.3 Å². The molecular formula is C23H32ClN5O. The Morgan fingerprint density at radius 2 is 1.93 bits per heavy atom. The van der Waals surface area contributed by atoms with Crippen LogP contribution < -0.4 is 10.2 Å². The van der Waals surface area contributed by atoms with Gasteiger partial charge in [0, 0.05) is 44.4 Å². The van der Waals surface area contributed by atoms with Gasteiger partial charge < -0.3 is 15.1 Å². The van der Waals surface area contributed by atoms with Gasteiger partial charge in [0.15, 0.2) is 0 Å². The van der Waals surface area contributed by atoms with Crippen molar-refractivity contribution in [3.63, 3.8) is 0 Å². The Morgan fingerprint density at radius 1 is 1.23 bits per heavy atom. The molecule has 1 aromatic heterocycles. The number of anilines is 2. The van der Waals surface area contributed by atoms with Crippen molar-refractivity contribution in [3.05, 3.63) is 46.8 Å². The van der Waals surface area contributed by atoms with Crippen LogP contribution in [0, 0.1) is 12.8 Å². The van der Waals surface area contributed by atoms with Crippen molar-refractivity contribution < 1.29 is 4.79 Å². The van der Waals surface area contributed by atoms with Gasteiger partial charge in [0.2, 0.25) is 5.91 Å². The van der Waals surface area contributed by atoms with Crippen molar-refractivity contribution in [2.24, 2.45) is 5.92 Å². The van der Waals surface area contributed by atoms with Crippen molar-refractivity contribution in [2.75, 3.05) is 42.9 Å². The van der Waals surface area contributed by atoms with Gasteiger partial charge in [0.05, 0.1) is 17.1 Å². The summed E-state index contributed by atoms with van der Waals surface area (Å²) in [4.78, 5) is 17.4. The Balaban J connectivity index is 1.70. The van der Waals surface area contributed by atoms with Crippen molar-refractivity contribution in [3.8, 4) is 0 Å². The zero-order valence-corrected chi connectivity index (χ0v) is 19.1. The molecule has 1 aliphatic rings. The first-order chi connectivity index (χ1) is 14.4. The average molecular weight is 430 g/mol. The summed E-state index contributed by atoms with van der Waals surface area (Å²) < 4.78 is 1.80. The molecule has 0 saturated carbocycles. The number of carbonyl (C=O) groups is 1. The highest BCUT2D eigenvalue weighted by Crippen LogP contribution is 2.27. The molecule has 1 aliphatic heterocycles. The third kappa shape index (κ3) is 5.43. The Bertz CT molecular complexity index is 897. The number of halogens is 1. The summed E-state index contributed by atoms with van der Waals surface area (Å²) in [5.41, 5.74) is 3.50. The smallest absolute Gasteiger partial charge is 0.248 e. The second-order valence-corrected chi connectivity index (χ2v) is 8.48. The van der Waals surface area contributed by atoms with Crippen LogP contribution in [0.2, 0.25) is 5.15 Å². The van der Waals surface area contributed by atoms with Gasteiger partial charge in [-0.3, -0.25) is 9.48 Å². The first-order valence-corrected chi connectivity index (χ1v) is 11.0. The van der Waals surface area contributed by atoms with Gasteiger partial charge in [-0.1, -0.05) is 44.5 Å². The number of benzene rings is 1. The Kier molecular flexibility index (Phi) is 7.56. The molecule has 2 heterocycles. The van der Waals surface area contributed by atoms with E-state index >= 15 is 0 Å². The standard InChI is InChI=1S/C23H32ClN5O/c1-5-27-12-14-28(15-13-27)21-9-7-6-8-20(21)25-22(30)11-10-19-18(4)26-29(23(19)24)16-17(2)3/h6-11,17H,5,12-16H2,1-4H3,(H,25,30)/b11-10+. The SMILES string of the molecule is CCN1CCN(c2ccccc2NC(=O)/C=C/c2c(C)nn(CC(C)C)c2Cl)CC1. The van der Waals surface area contributed by atoms with E-state index in [9.17, 15) is 4.79 Å². The summed E-state index contributed by atoms with van der Waals surface area (Å²) in [6.45, 7) is 14.2. The van der Waals surface area contributed by atoms with Crippen LogP contribution >= 0.6 is 11.6 Å². The average Bonchev–Trinajstić information content (AvgIpc) is 2.99. The van der Waals surface area contributed by atoms with Crippen LogP contribution in [-0.2, 0) is 11.3 Å². The summed E-state index contributed by atoms with van der Waals surface area (Å²) in [6.07, 6.45) is 3.28. The lowest BCUT2D eigenvalue weighted by molar-refractivity contribution is -0.111. The number of hydrogen-bond donors (Lipinski definition) is 1. The van der Waals surface area contributed by atoms with Crippen molar-refractivity contribution >= 4 is 35.0 Å². The van der Waals surface area contributed by atoms with Crippen LogP contribution in [0.5, 0.6) is 0 Å². The first-order valence-electron chi connectivity index (χ1n) is 10.7. The summed E-state index contributed by atoms with van der Waals surface area (Å²) in [5, 5.41) is 8.09. The van der Waals surface area contributed by atoms with Crippen molar-refractivity contribution in [2.45, 2.75) is 34.2 Å². The fraction of sp³-hybridized carbons (Fsp3) is 0.478. The molecule has 162 valence electrons. The van der Waals surface area contributed by atoms with Gasteiger partial charge in [-0.25, -0.2) is 0 Å². The molecule has 0 atom stereocenters. The maximum atomic E-state index is 12.6. The summed E-state index contributed by atoms with van der Waals surface area (Å²) in [6, 6.07) is 7.98. The highest BCUT2D eigenvalue weighted by Gasteiger charge is 2.18. The first kappa shape index (κ1) is 22.4. The van der Waals surface area contributed by atoms with E-state index in [0.29, 0.717) is 11.1 Å². The van der Waals surface area contributed by atoms with Crippen molar-refractivity contribution in [1.29, 1.82) is 0 Å². The Morgan fingerprint density at radius 3 is 2.60 bits per heavy atom. The Hall–Kier alpha value is -2.31. The molecular weight excluding hydrogens is 398 g/mol. The highest BCUT2D eigenvalue weighted by atomic mass is 35.5. The molecule has 1 aromatic carbocycles. The van der Waals surface area contributed by atoms with E-state index < -0.39 is 0 Å². The summed E-state index contributed by atoms with van der Waals surface area (Å²) in [5.74, 6) is 0.263. The van der Waals surface area contributed by atoms with Gasteiger partial charge in [-0.2, -0.15) is 5.10 Å². The second kappa shape index (κ2) is 10.1. The van der Waals surface area contributed by atoms with Gasteiger partial charge >= 0.3 is 0 Å². The van der Waals surface area contributed by atoms with E-state index in [1.54, 1.807) is 10.8 Å². The molecule has 0 radical (unpaired) electrons. The minimum absolute atomic E-state index is 0.179. The fourth-order valence-electron chi connectivity index (χ4n) is 3.72. The largest absolute Gasteiger partial charge is 0.367 e. The third-order valence-electron chi connectivity index (χ3n) is 5.37. The minimum atomic E-state index is -0.179. The highest BCUT2D eigenvalue weighted by molar-refractivity contribution is 6.31. The molecule has 1 fully saturated rings. The molecule has 6 nitrogen and oxygen atoms in total. The lowest BCUT2D eigenvalue weighted by Crippen LogP contribution is -2.46. The topological polar surface area (TPSA) is 53.4 Å². The van der Waals surface area contributed by atoms with E-state index in [0.717, 1.165) is 61.9 Å². The molecule has 0 bridgehead atoms. The number of hydrogen-bond acceptors (Lipinski definition) is 4. The number of para-hydroxylation sites is 2. The zero-order valence-electron chi connectivity index (χ0n) is 18.4. The predicted octanol–water partition coefficient (Wildman–Crippen LogP) is 4.29. The van der Waals surface area contributed by atoms with Gasteiger partial charge in [-0.05, 0) is 37.6 Å². The molecule has 7 heteroatoms. The summed E-state index contributed by atoms with van der Waals surface area (Å²) in [7, 11) is 0. The minimum Gasteiger partial charge on any atom is -0.367 e. The van der Waals surface area contributed by atoms with E-state index in [1.807, 2.05) is 25.1 Å². The lowest BCUT2D eigenvalue weighted by atomic mass is 10.2. The van der Waals surface area contributed by atoms with E-state index in [2.05, 4.69) is 47.1 Å². The van der Waals surface area contributed by atoms with Crippen LogP contribution in [0.1, 0.15) is 32.0 Å². The number of rotatable bonds is 7. The molecule has 30 heavy (non-hydrogen) atoms. The van der Waals surface area contributed by atoms with Crippen molar-refractivity contribution in [1.82, 2.24) is 14.7 Å². The number of nitrogens with zero attached hydrogens (tertiary/aromatic N) is 4. The number of carbonyl (C=O) groups excluding carboxylic acids is 1. The number of likely N-dealkylation sites (N-methyl/N-ethyl adjacent to an activating group) is 1. The van der Waals surface area contributed by atoms with Gasteiger partial charge in [0.25, 0.3) is 0 Å². The maximum absolute atomic E-state index is 12.6. The molecule has 0 spiro atoms. The number of piperazine rings is 1. The van der Waals surface area contributed by atoms with Crippen LogP contribution in [0.3, 0.4) is 0 Å². The normalized spacial score (nSPS) is 15.3. The second-order valence-electron chi connectivity index (χ2n) is 8.13. The van der Waals surface area contributed by atoms with Crippen LogP contribution in [-0.4, -0.2) is 53.3 Å². The molecule has 1 amide bonds. The molecule has 0 unspecified atom stereocenters. The molecule has 0 aliphatic carbocycles. The number of aryl methyl sites for hydroxylation is 1. The number of nitrogens with one attached hydrogen (secondary N) is 1. The number of amides is 1. The zero-order chi connectivity index (χ0) is 21.7. The van der Waals surface area contributed by atoms with E-state index in [4.69, 9.17) is 11.6 Å². The molecule has 3 rings (SSSR count). The lowest BCUT2D eigenvalue weighted by Gasteiger charge is -2.36. The van der Waals surface area contributed by atoms with Gasteiger partial charge in [0.1, 0.15) is 5.15 Å². The fourth-order valence-corrected chi connectivity index (χ4v) is 4.02. The van der Waals surface area contributed by atoms with Gasteiger partial charge in [-0.15, -0.1) is 0 Å². The third-order valence-corrected chi connectivity index (χ3v) is 5.77. The summed E-state index contributed by atoms with van der Waals surface area (Å²) >= 11 is 6.47. The van der Waals surface area contributed by atoms with E-state index in [-0.39, 0.29) is 5.91 Å². The molecule has 2 aromatic rings. The number of aromatic nitrogens is 2. The quantitative estimate of drug-likeness (QED) is 0.667. The monoisotopic (exact) mass is 429 g/mol. The molecule has 1 saturated heterocycles. The van der Waals surface area contributed by atoms with Crippen LogP contribution in [0.25, 0.3) is 6.08 Å². The maximum Gasteiger partial charge on any atom is 0.248 e. The Labute approximate surface area is 184 Å². The predicted molar refractivity (Wildman–Crippen MR) is 125 cm³/mol.